The van der Waals surface area contributed by atoms with E-state index in [1.807, 2.05) is 59.5 Å². The standard InChI is InChI=1S/C18H16N4OS2/c1-11-5-3-7-22-14(12(2)19-17(11)22)9-16(23)21-18-20-13(10-25-18)15-6-4-8-24-15/h3-8,10H,9H2,1-2H3,(H,20,21,23). The van der Waals surface area contributed by atoms with Gasteiger partial charge in [-0.2, -0.15) is 0 Å². The van der Waals surface area contributed by atoms with E-state index in [2.05, 4.69) is 15.3 Å². The summed E-state index contributed by atoms with van der Waals surface area (Å²) in [6.45, 7) is 3.96. The molecule has 4 aromatic rings. The van der Waals surface area contributed by atoms with Crippen LogP contribution in [0.25, 0.3) is 16.2 Å². The fraction of sp³-hybridized carbons (Fsp3) is 0.167. The van der Waals surface area contributed by atoms with Gasteiger partial charge in [0.2, 0.25) is 5.91 Å². The molecular formula is C18H16N4OS2. The average molecular weight is 368 g/mol. The van der Waals surface area contributed by atoms with Gasteiger partial charge in [-0.1, -0.05) is 12.1 Å². The second-order valence-corrected chi connectivity index (χ2v) is 7.57. The Kier molecular flexibility index (Phi) is 4.10. The third kappa shape index (κ3) is 3.08. The SMILES string of the molecule is Cc1nc2c(C)cccn2c1CC(=O)Nc1nc(-c2cccs2)cs1. The highest BCUT2D eigenvalue weighted by Gasteiger charge is 2.15. The normalized spacial score (nSPS) is 11.1. The Morgan fingerprint density at radius 3 is 2.88 bits per heavy atom. The zero-order valence-corrected chi connectivity index (χ0v) is 15.4. The molecule has 0 aliphatic carbocycles. The molecule has 0 spiro atoms. The number of amides is 1. The number of imidazole rings is 1. The summed E-state index contributed by atoms with van der Waals surface area (Å²) >= 11 is 3.08. The number of thiazole rings is 1. The second kappa shape index (κ2) is 6.42. The fourth-order valence-electron chi connectivity index (χ4n) is 2.76. The Morgan fingerprint density at radius 1 is 1.20 bits per heavy atom. The van der Waals surface area contributed by atoms with E-state index >= 15 is 0 Å². The Hall–Kier alpha value is -2.51. The maximum Gasteiger partial charge on any atom is 0.232 e. The van der Waals surface area contributed by atoms with Crippen LogP contribution in [0.3, 0.4) is 0 Å². The largest absolute Gasteiger partial charge is 0.303 e. The molecule has 0 aromatic carbocycles. The summed E-state index contributed by atoms with van der Waals surface area (Å²) in [5.74, 6) is -0.0847. The first kappa shape index (κ1) is 16.0. The predicted octanol–water partition coefficient (Wildman–Crippen LogP) is 4.32. The Balaban J connectivity index is 1.53. The number of carbonyl (C=O) groups excluding carboxylic acids is 1. The average Bonchev–Trinajstić information content (AvgIpc) is 3.30. The number of hydrogen-bond acceptors (Lipinski definition) is 5. The van der Waals surface area contributed by atoms with E-state index in [1.165, 1.54) is 11.3 Å². The summed E-state index contributed by atoms with van der Waals surface area (Å²) in [6, 6.07) is 8.01. The van der Waals surface area contributed by atoms with E-state index in [1.54, 1.807) is 11.3 Å². The first-order chi connectivity index (χ1) is 12.1. The van der Waals surface area contributed by atoms with E-state index in [0.717, 1.165) is 33.2 Å². The number of nitrogens with one attached hydrogen (secondary N) is 1. The summed E-state index contributed by atoms with van der Waals surface area (Å²) < 4.78 is 1.99. The molecule has 0 atom stereocenters. The van der Waals surface area contributed by atoms with Crippen molar-refractivity contribution in [2.45, 2.75) is 20.3 Å². The third-order valence-corrected chi connectivity index (χ3v) is 5.65. The molecule has 25 heavy (non-hydrogen) atoms. The van der Waals surface area contributed by atoms with Gasteiger partial charge in [0.15, 0.2) is 5.13 Å². The van der Waals surface area contributed by atoms with Crippen LogP contribution in [0.4, 0.5) is 5.13 Å². The van der Waals surface area contributed by atoms with E-state index in [4.69, 9.17) is 0 Å². The lowest BCUT2D eigenvalue weighted by Gasteiger charge is -2.04. The molecule has 0 aliphatic heterocycles. The molecule has 1 amide bonds. The van der Waals surface area contributed by atoms with Crippen molar-refractivity contribution in [2.75, 3.05) is 5.32 Å². The van der Waals surface area contributed by atoms with Crippen LogP contribution >= 0.6 is 22.7 Å². The number of nitrogens with zero attached hydrogens (tertiary/aromatic N) is 3. The molecule has 0 aliphatic rings. The highest BCUT2D eigenvalue weighted by Crippen LogP contribution is 2.28. The van der Waals surface area contributed by atoms with E-state index in [9.17, 15) is 4.79 Å². The quantitative estimate of drug-likeness (QED) is 0.584. The zero-order valence-electron chi connectivity index (χ0n) is 13.8. The van der Waals surface area contributed by atoms with Crippen molar-refractivity contribution in [1.82, 2.24) is 14.4 Å². The molecule has 0 unspecified atom stereocenters. The zero-order chi connectivity index (χ0) is 17.4. The molecule has 4 heterocycles. The molecule has 0 saturated heterocycles. The summed E-state index contributed by atoms with van der Waals surface area (Å²) in [4.78, 5) is 22.7. The fourth-order valence-corrected chi connectivity index (χ4v) is 4.25. The van der Waals surface area contributed by atoms with Crippen molar-refractivity contribution >= 4 is 39.4 Å². The number of carbonyl (C=O) groups is 1. The smallest absolute Gasteiger partial charge is 0.232 e. The van der Waals surface area contributed by atoms with Gasteiger partial charge in [0.25, 0.3) is 0 Å². The highest BCUT2D eigenvalue weighted by molar-refractivity contribution is 7.16. The number of pyridine rings is 1. The van der Waals surface area contributed by atoms with Crippen LogP contribution in [0.15, 0.2) is 41.2 Å². The van der Waals surface area contributed by atoms with Crippen LogP contribution in [0.5, 0.6) is 0 Å². The number of thiophene rings is 1. The van der Waals surface area contributed by atoms with Crippen LogP contribution in [-0.2, 0) is 11.2 Å². The molecule has 7 heteroatoms. The maximum atomic E-state index is 12.5. The predicted molar refractivity (Wildman–Crippen MR) is 102 cm³/mol. The first-order valence-electron chi connectivity index (χ1n) is 7.84. The van der Waals surface area contributed by atoms with Crippen LogP contribution in [0.1, 0.15) is 17.0 Å². The van der Waals surface area contributed by atoms with Gasteiger partial charge in [-0.25, -0.2) is 9.97 Å². The number of anilines is 1. The molecule has 0 fully saturated rings. The maximum absolute atomic E-state index is 12.5. The summed E-state index contributed by atoms with van der Waals surface area (Å²) in [5.41, 5.74) is 4.68. The molecule has 0 saturated carbocycles. The second-order valence-electron chi connectivity index (χ2n) is 5.77. The van der Waals surface area contributed by atoms with Crippen LogP contribution < -0.4 is 5.32 Å². The van der Waals surface area contributed by atoms with Crippen LogP contribution in [0, 0.1) is 13.8 Å². The van der Waals surface area contributed by atoms with Gasteiger partial charge in [0.05, 0.1) is 28.4 Å². The summed E-state index contributed by atoms with van der Waals surface area (Å²) in [7, 11) is 0. The lowest BCUT2D eigenvalue weighted by Crippen LogP contribution is -2.16. The van der Waals surface area contributed by atoms with Crippen molar-refractivity contribution in [3.05, 3.63) is 58.2 Å². The number of fused-ring (bicyclic) bond motifs is 1. The molecule has 126 valence electrons. The minimum Gasteiger partial charge on any atom is -0.303 e. The number of aromatic nitrogens is 3. The van der Waals surface area contributed by atoms with E-state index in [-0.39, 0.29) is 12.3 Å². The van der Waals surface area contributed by atoms with Gasteiger partial charge in [0, 0.05) is 11.6 Å². The van der Waals surface area contributed by atoms with Gasteiger partial charge in [-0.05, 0) is 36.9 Å². The van der Waals surface area contributed by atoms with E-state index < -0.39 is 0 Å². The topological polar surface area (TPSA) is 59.3 Å². The Morgan fingerprint density at radius 2 is 2.08 bits per heavy atom. The Labute approximate surface area is 153 Å². The minimum absolute atomic E-state index is 0.0847. The van der Waals surface area contributed by atoms with Crippen molar-refractivity contribution in [3.63, 3.8) is 0 Å². The molecule has 0 radical (unpaired) electrons. The highest BCUT2D eigenvalue weighted by atomic mass is 32.1. The lowest BCUT2D eigenvalue weighted by atomic mass is 10.2. The minimum atomic E-state index is -0.0847. The number of aryl methyl sites for hydroxylation is 2. The van der Waals surface area contributed by atoms with Crippen molar-refractivity contribution in [3.8, 4) is 10.6 Å². The summed E-state index contributed by atoms with van der Waals surface area (Å²) in [5, 5.41) is 7.50. The van der Waals surface area contributed by atoms with Gasteiger partial charge in [-0.3, -0.25) is 4.79 Å². The van der Waals surface area contributed by atoms with Crippen LogP contribution in [-0.4, -0.2) is 20.3 Å². The van der Waals surface area contributed by atoms with Gasteiger partial charge in [-0.15, -0.1) is 22.7 Å². The van der Waals surface area contributed by atoms with Crippen molar-refractivity contribution in [2.24, 2.45) is 0 Å². The molecular weight excluding hydrogens is 352 g/mol. The van der Waals surface area contributed by atoms with Crippen molar-refractivity contribution < 1.29 is 4.79 Å². The molecule has 0 bridgehead atoms. The monoisotopic (exact) mass is 368 g/mol. The Bertz CT molecular complexity index is 1050. The molecule has 1 N–H and O–H groups in total. The molecule has 5 nitrogen and oxygen atoms in total. The van der Waals surface area contributed by atoms with Gasteiger partial charge >= 0.3 is 0 Å². The van der Waals surface area contributed by atoms with Crippen LogP contribution in [0.2, 0.25) is 0 Å². The number of hydrogen-bond donors (Lipinski definition) is 1. The third-order valence-electron chi connectivity index (χ3n) is 4.00. The van der Waals surface area contributed by atoms with Crippen molar-refractivity contribution in [1.29, 1.82) is 0 Å². The van der Waals surface area contributed by atoms with E-state index in [0.29, 0.717) is 5.13 Å². The molecule has 4 aromatic heterocycles. The lowest BCUT2D eigenvalue weighted by molar-refractivity contribution is -0.115. The summed E-state index contributed by atoms with van der Waals surface area (Å²) in [6.07, 6.45) is 2.22. The van der Waals surface area contributed by atoms with Gasteiger partial charge in [0.1, 0.15) is 5.65 Å². The number of rotatable bonds is 4. The first-order valence-corrected chi connectivity index (χ1v) is 9.60. The van der Waals surface area contributed by atoms with Gasteiger partial charge < -0.3 is 9.72 Å². The molecule has 4 rings (SSSR count).